The number of fused-ring (bicyclic) bond motifs is 2. The molecule has 1 aliphatic carbocycles. The number of ether oxygens (including phenoxy) is 2. The monoisotopic (exact) mass is 1480 g/mol. The van der Waals surface area contributed by atoms with Gasteiger partial charge in [0.25, 0.3) is 0 Å². The molecule has 0 saturated heterocycles. The van der Waals surface area contributed by atoms with Gasteiger partial charge in [-0.25, -0.2) is 0 Å². The van der Waals surface area contributed by atoms with Crippen molar-refractivity contribution in [2.24, 2.45) is 0 Å². The summed E-state index contributed by atoms with van der Waals surface area (Å²) >= 11 is 0. The summed E-state index contributed by atoms with van der Waals surface area (Å²) in [5, 5.41) is 0. The maximum atomic E-state index is 8.04. The summed E-state index contributed by atoms with van der Waals surface area (Å²) < 4.78 is 47.5. The molecule has 0 fully saturated rings. The number of hydrogen-bond donors (Lipinski definition) is 0. The first-order valence-corrected chi connectivity index (χ1v) is 51.4. The minimum atomic E-state index is -2.49. The van der Waals surface area contributed by atoms with Crippen molar-refractivity contribution in [3.05, 3.63) is 203 Å². The fourth-order valence-electron chi connectivity index (χ4n) is 13.3. The summed E-state index contributed by atoms with van der Waals surface area (Å²) in [6.07, 6.45) is 3.49. The summed E-state index contributed by atoms with van der Waals surface area (Å²) in [4.78, 5) is 5.47. The van der Waals surface area contributed by atoms with E-state index in [9.17, 15) is 0 Å². The highest BCUT2D eigenvalue weighted by Gasteiger charge is 2.39. The Kier molecular flexibility index (Phi) is 23.4. The van der Waals surface area contributed by atoms with Crippen LogP contribution in [0, 0.1) is 0 Å². The van der Waals surface area contributed by atoms with Crippen LogP contribution in [0.25, 0.3) is 0 Å². The van der Waals surface area contributed by atoms with Gasteiger partial charge in [-0.05, 0) is 219 Å². The number of aromatic nitrogens is 1. The molecule has 104 heavy (non-hydrogen) atoms. The molecule has 0 N–H and O–H groups in total. The first-order valence-electron chi connectivity index (χ1n) is 39.5. The zero-order valence-electron chi connectivity index (χ0n) is 71.5. The molecule has 0 unspecified atom stereocenters. The third kappa shape index (κ3) is 19.0. The molecule has 7 aromatic rings. The minimum Gasteiger partial charge on any atom is -0.543 e. The quantitative estimate of drug-likeness (QED) is 0.113. The van der Waals surface area contributed by atoms with Crippen molar-refractivity contribution in [3.63, 3.8) is 0 Å². The second-order valence-electron chi connectivity index (χ2n) is 40.9. The molecule has 16 bridgehead atoms. The van der Waals surface area contributed by atoms with Crippen LogP contribution < -0.4 is 27.2 Å². The van der Waals surface area contributed by atoms with Gasteiger partial charge >= 0.3 is 0 Å². The lowest BCUT2D eigenvalue weighted by Gasteiger charge is -2.35. The summed E-state index contributed by atoms with van der Waals surface area (Å²) in [6, 6.07) is 36.2. The van der Waals surface area contributed by atoms with E-state index < -0.39 is 33.3 Å². The van der Waals surface area contributed by atoms with E-state index in [1.807, 2.05) is 0 Å². The van der Waals surface area contributed by atoms with Crippen LogP contribution in [0.4, 0.5) is 0 Å². The van der Waals surface area contributed by atoms with E-state index in [-0.39, 0.29) is 45.7 Å². The van der Waals surface area contributed by atoms with Gasteiger partial charge in [-0.1, -0.05) is 259 Å². The predicted molar refractivity (Wildman–Crippen MR) is 453 cm³/mol. The van der Waals surface area contributed by atoms with Crippen molar-refractivity contribution in [2.75, 3.05) is 0 Å². The van der Waals surface area contributed by atoms with Crippen molar-refractivity contribution in [2.45, 2.75) is 339 Å². The smallest absolute Gasteiger partial charge is 0.247 e. The zero-order chi connectivity index (χ0) is 77.5. The fraction of sp³-hybridized carbons (Fsp3) is 0.559. The molecule has 6 aromatic carbocycles. The first kappa shape index (κ1) is 82.2. The number of benzene rings is 6. The van der Waals surface area contributed by atoms with Gasteiger partial charge in [-0.2, -0.15) is 0 Å². The van der Waals surface area contributed by atoms with Gasteiger partial charge in [0.2, 0.25) is 33.3 Å². The SMILES string of the molecule is CC(C)[Si](C)(C)Oc1c2cc(C(C)(C)C)cc1Cc1cc(C(C)(C)C)cc3c1OCc1cccc(n1)COc1c(cc(C(C)(C)C)cc1Cc1cc(C(C)(C)C)cc(c1O[Si](C)(C)C(C)C)Cc1cc(C(C)(C)C)cc(c1O[Si](C)(C)C(C)C)Cc1cc(C(C)(C)C)cc(c1O[Si](C)(C)C(C)C)C3)C2. The van der Waals surface area contributed by atoms with Gasteiger partial charge in [0, 0.05) is 38.5 Å². The Morgan fingerprint density at radius 2 is 0.442 bits per heavy atom. The average molecular weight is 1480 g/mol. The van der Waals surface area contributed by atoms with Crippen LogP contribution in [0.5, 0.6) is 34.5 Å². The molecule has 3 aliphatic rings. The number of nitrogens with zero attached hydrogens (tertiary/aromatic N) is 1. The van der Waals surface area contributed by atoms with Gasteiger partial charge in [0.15, 0.2) is 0 Å². The Morgan fingerprint density at radius 1 is 0.279 bits per heavy atom. The molecular weight excluding hydrogens is 1340 g/mol. The molecule has 3 heterocycles. The van der Waals surface area contributed by atoms with Crippen LogP contribution in [0.2, 0.25) is 74.5 Å². The van der Waals surface area contributed by atoms with E-state index in [1.165, 1.54) is 77.9 Å². The van der Waals surface area contributed by atoms with Crippen LogP contribution in [-0.2, 0) is 84.2 Å². The van der Waals surface area contributed by atoms with Gasteiger partial charge in [0.1, 0.15) is 47.7 Å². The van der Waals surface area contributed by atoms with E-state index in [1.54, 1.807) is 0 Å². The van der Waals surface area contributed by atoms with Gasteiger partial charge in [0.05, 0.1) is 11.4 Å². The van der Waals surface area contributed by atoms with Crippen molar-refractivity contribution >= 4 is 33.3 Å². The molecule has 2 aliphatic heterocycles. The summed E-state index contributed by atoms with van der Waals surface area (Å²) in [7, 11) is -9.90. The van der Waals surface area contributed by atoms with Crippen LogP contribution in [0.3, 0.4) is 0 Å². The van der Waals surface area contributed by atoms with Crippen molar-refractivity contribution in [1.29, 1.82) is 0 Å². The van der Waals surface area contributed by atoms with E-state index in [2.05, 4.69) is 323 Å². The molecular formula is C93H137NO6Si4. The lowest BCUT2D eigenvalue weighted by atomic mass is 9.79. The maximum Gasteiger partial charge on any atom is 0.247 e. The van der Waals surface area contributed by atoms with Gasteiger partial charge < -0.3 is 27.2 Å². The second-order valence-corrected chi connectivity index (χ2v) is 59.2. The third-order valence-corrected chi connectivity index (χ3v) is 37.6. The number of rotatable bonds is 12. The summed E-state index contributed by atoms with van der Waals surface area (Å²) in [6.45, 7) is 81.3. The van der Waals surface area contributed by atoms with E-state index in [0.717, 1.165) is 68.1 Å². The van der Waals surface area contributed by atoms with Crippen LogP contribution in [0.1, 0.15) is 292 Å². The minimum absolute atomic E-state index is 0.213. The largest absolute Gasteiger partial charge is 0.543 e. The predicted octanol–water partition coefficient (Wildman–Crippen LogP) is 26.2. The highest BCUT2D eigenvalue weighted by Crippen LogP contribution is 2.49. The third-order valence-electron chi connectivity index (χ3n) is 23.6. The summed E-state index contributed by atoms with van der Waals surface area (Å²) in [5.41, 5.74) is 23.2. The van der Waals surface area contributed by atoms with Crippen LogP contribution >= 0.6 is 0 Å². The number of pyridine rings is 1. The molecule has 0 radical (unpaired) electrons. The molecule has 0 spiro atoms. The highest BCUT2D eigenvalue weighted by molar-refractivity contribution is 6.74. The Morgan fingerprint density at radius 3 is 0.606 bits per heavy atom. The molecule has 0 amide bonds. The Labute approximate surface area is 637 Å². The molecule has 0 atom stereocenters. The van der Waals surface area contributed by atoms with E-state index >= 15 is 0 Å². The molecule has 7 nitrogen and oxygen atoms in total. The Bertz CT molecular complexity index is 4060. The van der Waals surface area contributed by atoms with Gasteiger partial charge in [-0.15, -0.1) is 0 Å². The molecule has 566 valence electrons. The van der Waals surface area contributed by atoms with Crippen LogP contribution in [-0.4, -0.2) is 38.3 Å². The number of hydrogen-bond acceptors (Lipinski definition) is 7. The first-order chi connectivity index (χ1) is 47.5. The second kappa shape index (κ2) is 29.6. The molecule has 11 heteroatoms. The van der Waals surface area contributed by atoms with Gasteiger partial charge in [-0.3, -0.25) is 4.98 Å². The summed E-state index contributed by atoms with van der Waals surface area (Å²) in [5.74, 6) is 5.73. The normalized spacial score (nSPS) is 14.8. The fourth-order valence-corrected chi connectivity index (χ4v) is 17.4. The van der Waals surface area contributed by atoms with Crippen molar-refractivity contribution in [1.82, 2.24) is 4.98 Å². The van der Waals surface area contributed by atoms with Crippen molar-refractivity contribution < 1.29 is 27.2 Å². The maximum absolute atomic E-state index is 8.04. The standard InChI is InChI=1S/C93H137NO6Si4/c1-58(2)101(27,28)97-84-66-38-62-44-74(88(9,10)11)46-64-40-68-50-77(91(18,19)20)52-70(85(68)98-102(29,30)59(3)4)42-72-54-79(93(24,25)26)55-73(87(72)100-104(33,34)61(7)8)43-71-53-78(92(21,22)23)51-69(86(71)99-103(31,32)60(5)6)41-65-47-75(89(12,13)14)45-63(39-67(84)49-76(48-66)90(15,16)17)83(65)96-57-81-37-35-36-80(94-81)56-95-82(62)64/h35-37,44-55,58-61H,38-43,56-57H2,1-34H3. The lowest BCUT2D eigenvalue weighted by molar-refractivity contribution is 0.284. The van der Waals surface area contributed by atoms with E-state index in [0.29, 0.717) is 60.7 Å². The van der Waals surface area contributed by atoms with Crippen LogP contribution in [0.15, 0.2) is 91.0 Å². The molecule has 1 aromatic heterocycles. The Balaban J connectivity index is 1.59. The van der Waals surface area contributed by atoms with Crippen molar-refractivity contribution in [3.8, 4) is 34.5 Å². The molecule has 0 saturated carbocycles. The lowest BCUT2D eigenvalue weighted by Crippen LogP contribution is -2.39. The molecule has 10 rings (SSSR count). The topological polar surface area (TPSA) is 68.3 Å². The van der Waals surface area contributed by atoms with E-state index in [4.69, 9.17) is 32.2 Å². The average Bonchev–Trinajstić information content (AvgIpc) is 0.762. The Hall–Kier alpha value is -5.86. The highest BCUT2D eigenvalue weighted by atomic mass is 28.4. The zero-order valence-corrected chi connectivity index (χ0v) is 75.5.